The second-order valence-electron chi connectivity index (χ2n) is 2.64. The molecule has 0 unspecified atom stereocenters. The molecule has 6 heteroatoms. The molecule has 0 spiro atoms. The summed E-state index contributed by atoms with van der Waals surface area (Å²) in [7, 11) is 0. The Labute approximate surface area is 97.2 Å². The van der Waals surface area contributed by atoms with E-state index in [2.05, 4.69) is 15.9 Å². The standard InChI is InChI=1S/C9H6BrF3OS/c10-7-4-2-1-3-6(7)8(14)5-15-9(11,12)13/h1-4H,5H2. The van der Waals surface area contributed by atoms with Gasteiger partial charge in [-0.3, -0.25) is 4.79 Å². The Kier molecular flexibility index (Phi) is 4.21. The van der Waals surface area contributed by atoms with E-state index in [4.69, 9.17) is 0 Å². The lowest BCUT2D eigenvalue weighted by Crippen LogP contribution is -2.09. The van der Waals surface area contributed by atoms with Crippen molar-refractivity contribution in [2.45, 2.75) is 5.51 Å². The predicted octanol–water partition coefficient (Wildman–Crippen LogP) is 3.88. The van der Waals surface area contributed by atoms with Crippen molar-refractivity contribution >= 4 is 33.5 Å². The first-order valence-corrected chi connectivity index (χ1v) is 5.66. The van der Waals surface area contributed by atoms with Gasteiger partial charge in [0.2, 0.25) is 0 Å². The fraction of sp³-hybridized carbons (Fsp3) is 0.222. The zero-order valence-electron chi connectivity index (χ0n) is 7.34. The number of Topliss-reactive ketones (excluding diaryl/α,β-unsaturated/α-hetero) is 1. The van der Waals surface area contributed by atoms with Gasteiger partial charge in [-0.15, -0.1) is 0 Å². The minimum Gasteiger partial charge on any atom is -0.293 e. The molecule has 1 rings (SSSR count). The second kappa shape index (κ2) is 5.03. The third kappa shape index (κ3) is 4.25. The highest BCUT2D eigenvalue weighted by Crippen LogP contribution is 2.31. The van der Waals surface area contributed by atoms with E-state index in [-0.39, 0.29) is 17.3 Å². The molecule has 0 atom stereocenters. The smallest absolute Gasteiger partial charge is 0.293 e. The van der Waals surface area contributed by atoms with Crippen LogP contribution in [0, 0.1) is 0 Å². The van der Waals surface area contributed by atoms with Crippen molar-refractivity contribution < 1.29 is 18.0 Å². The van der Waals surface area contributed by atoms with Gasteiger partial charge in [0.25, 0.3) is 0 Å². The quantitative estimate of drug-likeness (QED) is 0.788. The molecule has 1 aromatic rings. The molecule has 0 amide bonds. The van der Waals surface area contributed by atoms with Crippen molar-refractivity contribution in [2.75, 3.05) is 5.75 Å². The lowest BCUT2D eigenvalue weighted by Gasteiger charge is -2.05. The van der Waals surface area contributed by atoms with Crippen LogP contribution in [0.5, 0.6) is 0 Å². The Morgan fingerprint density at radius 3 is 2.47 bits per heavy atom. The van der Waals surface area contributed by atoms with Crippen LogP contribution in [0.2, 0.25) is 0 Å². The Hall–Kier alpha value is -0.490. The molecule has 0 bridgehead atoms. The van der Waals surface area contributed by atoms with Gasteiger partial charge in [0.05, 0.1) is 5.75 Å². The molecule has 1 nitrogen and oxygen atoms in total. The van der Waals surface area contributed by atoms with E-state index < -0.39 is 17.0 Å². The number of rotatable bonds is 3. The summed E-state index contributed by atoms with van der Waals surface area (Å²) in [5.41, 5.74) is -4.09. The van der Waals surface area contributed by atoms with E-state index in [1.165, 1.54) is 6.07 Å². The molecule has 0 N–H and O–H groups in total. The maximum atomic E-state index is 11.8. The topological polar surface area (TPSA) is 17.1 Å². The summed E-state index contributed by atoms with van der Waals surface area (Å²) >= 11 is 2.78. The first-order chi connectivity index (χ1) is 6.90. The van der Waals surface area contributed by atoms with Gasteiger partial charge in [0.1, 0.15) is 0 Å². The predicted molar refractivity (Wildman–Crippen MR) is 57.0 cm³/mol. The molecule has 0 aliphatic carbocycles. The first kappa shape index (κ1) is 12.6. The number of carbonyl (C=O) groups is 1. The monoisotopic (exact) mass is 298 g/mol. The van der Waals surface area contributed by atoms with Crippen LogP contribution in [-0.4, -0.2) is 17.0 Å². The fourth-order valence-corrected chi connectivity index (χ4v) is 1.87. The maximum absolute atomic E-state index is 11.8. The van der Waals surface area contributed by atoms with Crippen LogP contribution < -0.4 is 0 Å². The number of hydrogen-bond acceptors (Lipinski definition) is 2. The fourth-order valence-electron chi connectivity index (χ4n) is 0.912. The van der Waals surface area contributed by atoms with Gasteiger partial charge < -0.3 is 0 Å². The van der Waals surface area contributed by atoms with E-state index in [0.29, 0.717) is 4.47 Å². The van der Waals surface area contributed by atoms with Gasteiger partial charge >= 0.3 is 5.51 Å². The summed E-state index contributed by atoms with van der Waals surface area (Å²) < 4.78 is 36.0. The van der Waals surface area contributed by atoms with Gasteiger partial charge in [-0.25, -0.2) is 0 Å². The molecular weight excluding hydrogens is 293 g/mol. The van der Waals surface area contributed by atoms with Crippen LogP contribution >= 0.6 is 27.7 Å². The van der Waals surface area contributed by atoms with Gasteiger partial charge in [-0.05, 0) is 17.8 Å². The third-order valence-corrected chi connectivity index (χ3v) is 2.97. The summed E-state index contributed by atoms with van der Waals surface area (Å²) in [6.45, 7) is 0. The Bertz CT molecular complexity index is 365. The number of carbonyl (C=O) groups excluding carboxylic acids is 1. The van der Waals surface area contributed by atoms with E-state index in [1.54, 1.807) is 18.2 Å². The minimum absolute atomic E-state index is 0.272. The summed E-state index contributed by atoms with van der Waals surface area (Å²) in [5.74, 6) is -1.13. The van der Waals surface area contributed by atoms with E-state index in [1.807, 2.05) is 0 Å². The second-order valence-corrected chi connectivity index (χ2v) is 4.53. The van der Waals surface area contributed by atoms with Crippen LogP contribution in [0.1, 0.15) is 10.4 Å². The Balaban J connectivity index is 2.66. The molecule has 0 aliphatic heterocycles. The summed E-state index contributed by atoms with van der Waals surface area (Å²) in [4.78, 5) is 11.4. The zero-order valence-corrected chi connectivity index (χ0v) is 9.75. The minimum atomic E-state index is -4.36. The van der Waals surface area contributed by atoms with Gasteiger partial charge in [0.15, 0.2) is 5.78 Å². The molecule has 0 fully saturated rings. The van der Waals surface area contributed by atoms with E-state index >= 15 is 0 Å². The van der Waals surface area contributed by atoms with Crippen molar-refractivity contribution in [3.8, 4) is 0 Å². The molecule has 0 aliphatic rings. The number of hydrogen-bond donors (Lipinski definition) is 0. The number of ketones is 1. The van der Waals surface area contributed by atoms with Crippen LogP contribution in [0.3, 0.4) is 0 Å². The van der Waals surface area contributed by atoms with Crippen molar-refractivity contribution in [2.24, 2.45) is 0 Å². The molecule has 0 saturated carbocycles. The molecule has 0 saturated heterocycles. The normalized spacial score (nSPS) is 11.5. The number of alkyl halides is 3. The van der Waals surface area contributed by atoms with Crippen molar-refractivity contribution in [1.29, 1.82) is 0 Å². The van der Waals surface area contributed by atoms with Crippen LogP contribution in [-0.2, 0) is 0 Å². The number of halogens is 4. The summed E-state index contributed by atoms with van der Waals surface area (Å²) in [6.07, 6.45) is 0. The Morgan fingerprint density at radius 2 is 1.93 bits per heavy atom. The average Bonchev–Trinajstić information content (AvgIpc) is 2.14. The first-order valence-electron chi connectivity index (χ1n) is 3.88. The largest absolute Gasteiger partial charge is 0.442 e. The molecular formula is C9H6BrF3OS. The zero-order chi connectivity index (χ0) is 11.5. The number of benzene rings is 1. The molecule has 0 heterocycles. The van der Waals surface area contributed by atoms with Crippen molar-refractivity contribution in [3.63, 3.8) is 0 Å². The SMILES string of the molecule is O=C(CSC(F)(F)F)c1ccccc1Br. The molecule has 0 aromatic heterocycles. The van der Waals surface area contributed by atoms with Gasteiger partial charge in [-0.1, -0.05) is 34.1 Å². The molecule has 1 aromatic carbocycles. The number of thioether (sulfide) groups is 1. The average molecular weight is 299 g/mol. The lowest BCUT2D eigenvalue weighted by molar-refractivity contribution is -0.0327. The third-order valence-electron chi connectivity index (χ3n) is 1.54. The highest BCUT2D eigenvalue weighted by atomic mass is 79.9. The maximum Gasteiger partial charge on any atom is 0.442 e. The summed E-state index contributed by atoms with van der Waals surface area (Å²) in [6, 6.07) is 6.41. The van der Waals surface area contributed by atoms with Gasteiger partial charge in [0, 0.05) is 10.0 Å². The van der Waals surface area contributed by atoms with Gasteiger partial charge in [-0.2, -0.15) is 13.2 Å². The lowest BCUT2D eigenvalue weighted by atomic mass is 10.1. The van der Waals surface area contributed by atoms with Crippen LogP contribution in [0.25, 0.3) is 0 Å². The summed E-state index contributed by atoms with van der Waals surface area (Å²) in [5, 5.41) is 0. The van der Waals surface area contributed by atoms with Crippen LogP contribution in [0.15, 0.2) is 28.7 Å². The molecule has 0 radical (unpaired) electrons. The molecule has 15 heavy (non-hydrogen) atoms. The van der Waals surface area contributed by atoms with Crippen molar-refractivity contribution in [3.05, 3.63) is 34.3 Å². The van der Waals surface area contributed by atoms with E-state index in [0.717, 1.165) is 0 Å². The van der Waals surface area contributed by atoms with E-state index in [9.17, 15) is 18.0 Å². The van der Waals surface area contributed by atoms with Crippen molar-refractivity contribution in [1.82, 2.24) is 0 Å². The highest BCUT2D eigenvalue weighted by Gasteiger charge is 2.29. The molecule has 82 valence electrons. The highest BCUT2D eigenvalue weighted by molar-refractivity contribution is 9.10. The van der Waals surface area contributed by atoms with Crippen LogP contribution in [0.4, 0.5) is 13.2 Å². The Morgan fingerprint density at radius 1 is 1.33 bits per heavy atom.